The fourth-order valence-electron chi connectivity index (χ4n) is 1.87. The molecular formula is C10H17F2NO2. The lowest BCUT2D eigenvalue weighted by molar-refractivity contribution is -0.162. The lowest BCUT2D eigenvalue weighted by Crippen LogP contribution is -2.54. The van der Waals surface area contributed by atoms with Gasteiger partial charge in [0.15, 0.2) is 0 Å². The first-order valence-corrected chi connectivity index (χ1v) is 4.92. The summed E-state index contributed by atoms with van der Waals surface area (Å²) in [5.74, 6) is -3.35. The minimum Gasteiger partial charge on any atom is -0.468 e. The predicted molar refractivity (Wildman–Crippen MR) is 51.4 cm³/mol. The second-order valence-corrected chi connectivity index (χ2v) is 4.78. The third-order valence-electron chi connectivity index (χ3n) is 3.40. The third kappa shape index (κ3) is 2.27. The van der Waals surface area contributed by atoms with E-state index in [9.17, 15) is 13.6 Å². The van der Waals surface area contributed by atoms with Crippen LogP contribution in [0.1, 0.15) is 26.7 Å². The van der Waals surface area contributed by atoms with Crippen molar-refractivity contribution in [1.29, 1.82) is 0 Å². The van der Waals surface area contributed by atoms with Crippen LogP contribution in [0.15, 0.2) is 0 Å². The van der Waals surface area contributed by atoms with Gasteiger partial charge in [0.2, 0.25) is 5.92 Å². The van der Waals surface area contributed by atoms with Crippen LogP contribution in [-0.4, -0.2) is 25.0 Å². The number of alkyl halides is 2. The Balaban J connectivity index is 2.64. The van der Waals surface area contributed by atoms with Gasteiger partial charge in [-0.2, -0.15) is 0 Å². The second kappa shape index (κ2) is 3.70. The van der Waals surface area contributed by atoms with E-state index in [1.807, 2.05) is 0 Å². The van der Waals surface area contributed by atoms with Gasteiger partial charge in [0.1, 0.15) is 6.04 Å². The molecule has 15 heavy (non-hydrogen) atoms. The number of carbonyl (C=O) groups excluding carboxylic acids is 1. The Morgan fingerprint density at radius 1 is 1.53 bits per heavy atom. The van der Waals surface area contributed by atoms with E-state index in [1.54, 1.807) is 13.8 Å². The lowest BCUT2D eigenvalue weighted by Gasteiger charge is -2.46. The third-order valence-corrected chi connectivity index (χ3v) is 3.40. The first-order chi connectivity index (χ1) is 6.70. The van der Waals surface area contributed by atoms with E-state index in [4.69, 9.17) is 5.73 Å². The normalized spacial score (nSPS) is 23.1. The molecule has 0 amide bonds. The van der Waals surface area contributed by atoms with E-state index in [-0.39, 0.29) is 18.8 Å². The van der Waals surface area contributed by atoms with Gasteiger partial charge in [-0.25, -0.2) is 8.78 Å². The highest BCUT2D eigenvalue weighted by atomic mass is 19.3. The number of esters is 1. The summed E-state index contributed by atoms with van der Waals surface area (Å²) in [4.78, 5) is 11.2. The monoisotopic (exact) mass is 221 g/mol. The molecule has 0 spiro atoms. The number of ether oxygens (including phenoxy) is 1. The van der Waals surface area contributed by atoms with Crippen molar-refractivity contribution < 1.29 is 18.3 Å². The number of nitrogens with two attached hydrogens (primary N) is 1. The van der Waals surface area contributed by atoms with Crippen LogP contribution in [-0.2, 0) is 9.53 Å². The maximum atomic E-state index is 12.7. The van der Waals surface area contributed by atoms with Crippen LogP contribution in [0.2, 0.25) is 0 Å². The molecule has 0 aliphatic heterocycles. The minimum atomic E-state index is -2.59. The molecule has 0 bridgehead atoms. The van der Waals surface area contributed by atoms with Crippen LogP contribution < -0.4 is 5.73 Å². The van der Waals surface area contributed by atoms with Crippen molar-refractivity contribution in [3.8, 4) is 0 Å². The molecule has 0 aromatic carbocycles. The van der Waals surface area contributed by atoms with Gasteiger partial charge >= 0.3 is 5.97 Å². The number of methoxy groups -OCH3 is 1. The van der Waals surface area contributed by atoms with Crippen LogP contribution in [0.5, 0.6) is 0 Å². The van der Waals surface area contributed by atoms with Gasteiger partial charge in [0, 0.05) is 12.8 Å². The van der Waals surface area contributed by atoms with Crippen molar-refractivity contribution in [3.63, 3.8) is 0 Å². The molecular weight excluding hydrogens is 204 g/mol. The Morgan fingerprint density at radius 3 is 2.33 bits per heavy atom. The summed E-state index contributed by atoms with van der Waals surface area (Å²) in [5, 5.41) is 0. The first-order valence-electron chi connectivity index (χ1n) is 4.92. The molecule has 1 saturated carbocycles. The smallest absolute Gasteiger partial charge is 0.323 e. The second-order valence-electron chi connectivity index (χ2n) is 4.78. The summed E-state index contributed by atoms with van der Waals surface area (Å²) >= 11 is 0. The molecule has 2 N–H and O–H groups in total. The van der Waals surface area contributed by atoms with Crippen molar-refractivity contribution in [2.45, 2.75) is 38.7 Å². The van der Waals surface area contributed by atoms with Crippen LogP contribution in [0.3, 0.4) is 0 Å². The predicted octanol–water partition coefficient (Wildman–Crippen LogP) is 1.56. The van der Waals surface area contributed by atoms with Crippen LogP contribution >= 0.6 is 0 Å². The fraction of sp³-hybridized carbons (Fsp3) is 0.900. The zero-order valence-corrected chi connectivity index (χ0v) is 9.22. The highest BCUT2D eigenvalue weighted by molar-refractivity contribution is 5.76. The Kier molecular flexibility index (Phi) is 3.05. The van der Waals surface area contributed by atoms with Crippen molar-refractivity contribution in [2.75, 3.05) is 7.11 Å². The number of hydrogen-bond acceptors (Lipinski definition) is 3. The van der Waals surface area contributed by atoms with E-state index in [0.717, 1.165) is 0 Å². The average Bonchev–Trinajstić information content (AvgIpc) is 2.11. The van der Waals surface area contributed by atoms with Gasteiger partial charge in [-0.15, -0.1) is 0 Å². The zero-order valence-electron chi connectivity index (χ0n) is 9.22. The summed E-state index contributed by atoms with van der Waals surface area (Å²) in [6, 6.07) is -0.844. The number of halogens is 2. The topological polar surface area (TPSA) is 52.3 Å². The summed E-state index contributed by atoms with van der Waals surface area (Å²) in [7, 11) is 1.24. The Hall–Kier alpha value is -0.710. The largest absolute Gasteiger partial charge is 0.468 e. The first kappa shape index (κ1) is 12.4. The molecule has 0 aromatic heterocycles. The summed E-state index contributed by atoms with van der Waals surface area (Å²) in [5.41, 5.74) is 5.04. The molecule has 1 unspecified atom stereocenters. The molecule has 1 aliphatic carbocycles. The number of carbonyl (C=O) groups is 1. The number of rotatable bonds is 3. The fourth-order valence-corrected chi connectivity index (χ4v) is 1.87. The molecule has 1 fully saturated rings. The molecule has 3 nitrogen and oxygen atoms in total. The Morgan fingerprint density at radius 2 is 2.00 bits per heavy atom. The standard InChI is InChI=1S/C10H17F2NO2/c1-9(2,7(13)8(14)15-3)6-4-10(11,12)5-6/h6-7H,4-5,13H2,1-3H3. The van der Waals surface area contributed by atoms with Crippen LogP contribution in [0.25, 0.3) is 0 Å². The van der Waals surface area contributed by atoms with E-state index in [0.29, 0.717) is 0 Å². The van der Waals surface area contributed by atoms with Gasteiger partial charge < -0.3 is 10.5 Å². The van der Waals surface area contributed by atoms with E-state index in [1.165, 1.54) is 7.11 Å². The van der Waals surface area contributed by atoms with E-state index < -0.39 is 23.3 Å². The van der Waals surface area contributed by atoms with Crippen molar-refractivity contribution >= 4 is 5.97 Å². The Labute approximate surface area is 88.0 Å². The van der Waals surface area contributed by atoms with Gasteiger partial charge in [-0.05, 0) is 11.3 Å². The molecule has 0 aromatic rings. The zero-order chi connectivity index (χ0) is 11.9. The van der Waals surface area contributed by atoms with Gasteiger partial charge in [0.05, 0.1) is 7.11 Å². The van der Waals surface area contributed by atoms with Gasteiger partial charge in [0.25, 0.3) is 0 Å². The summed E-state index contributed by atoms with van der Waals surface area (Å²) < 4.78 is 29.9. The quantitative estimate of drug-likeness (QED) is 0.736. The molecule has 1 aliphatic rings. The van der Waals surface area contributed by atoms with Crippen molar-refractivity contribution in [2.24, 2.45) is 17.1 Å². The maximum Gasteiger partial charge on any atom is 0.323 e. The van der Waals surface area contributed by atoms with Crippen LogP contribution in [0, 0.1) is 11.3 Å². The molecule has 0 saturated heterocycles. The molecule has 0 radical (unpaired) electrons. The molecule has 88 valence electrons. The highest BCUT2D eigenvalue weighted by Crippen LogP contribution is 2.51. The van der Waals surface area contributed by atoms with E-state index >= 15 is 0 Å². The minimum absolute atomic E-state index is 0.190. The summed E-state index contributed by atoms with van der Waals surface area (Å²) in [6.45, 7) is 3.46. The van der Waals surface area contributed by atoms with Crippen LogP contribution in [0.4, 0.5) is 8.78 Å². The molecule has 1 rings (SSSR count). The average molecular weight is 221 g/mol. The van der Waals surface area contributed by atoms with Crippen molar-refractivity contribution in [1.82, 2.24) is 0 Å². The molecule has 5 heteroatoms. The summed E-state index contributed by atoms with van der Waals surface area (Å²) in [6.07, 6.45) is -0.380. The number of hydrogen-bond donors (Lipinski definition) is 1. The lowest BCUT2D eigenvalue weighted by atomic mass is 9.62. The van der Waals surface area contributed by atoms with Gasteiger partial charge in [-0.3, -0.25) is 4.79 Å². The van der Waals surface area contributed by atoms with Crippen molar-refractivity contribution in [3.05, 3.63) is 0 Å². The van der Waals surface area contributed by atoms with E-state index in [2.05, 4.69) is 4.74 Å². The molecule has 1 atom stereocenters. The maximum absolute atomic E-state index is 12.7. The Bertz CT molecular complexity index is 258. The molecule has 0 heterocycles. The van der Waals surface area contributed by atoms with Gasteiger partial charge in [-0.1, -0.05) is 13.8 Å². The SMILES string of the molecule is COC(=O)C(N)C(C)(C)C1CC(F)(F)C1. The highest BCUT2D eigenvalue weighted by Gasteiger charge is 2.54.